The highest BCUT2D eigenvalue weighted by Crippen LogP contribution is 2.36. The number of amides is 1. The van der Waals surface area contributed by atoms with Crippen molar-refractivity contribution in [2.24, 2.45) is 5.73 Å². The van der Waals surface area contributed by atoms with Gasteiger partial charge in [-0.05, 0) is 30.0 Å². The number of halogens is 2. The zero-order chi connectivity index (χ0) is 21.3. The summed E-state index contributed by atoms with van der Waals surface area (Å²) < 4.78 is 1.81. The third-order valence-electron chi connectivity index (χ3n) is 4.50. The van der Waals surface area contributed by atoms with Crippen LogP contribution in [0.25, 0.3) is 17.1 Å². The molecule has 3 rings (SSSR count). The van der Waals surface area contributed by atoms with E-state index in [1.165, 1.54) is 17.3 Å². The van der Waals surface area contributed by atoms with Crippen LogP contribution in [-0.4, -0.2) is 25.9 Å². The molecule has 0 fully saturated rings. The third-order valence-corrected chi connectivity index (χ3v) is 6.37. The molecule has 0 unspecified atom stereocenters. The van der Waals surface area contributed by atoms with Gasteiger partial charge in [0.05, 0.1) is 21.0 Å². The molecule has 152 valence electrons. The Kier molecular flexibility index (Phi) is 6.27. The summed E-state index contributed by atoms with van der Waals surface area (Å²) in [4.78, 5) is 11.6. The summed E-state index contributed by atoms with van der Waals surface area (Å²) >= 11 is 14.0. The normalized spacial score (nSPS) is 12.8. The molecule has 29 heavy (non-hydrogen) atoms. The maximum atomic E-state index is 11.6. The number of rotatable bonds is 5. The van der Waals surface area contributed by atoms with E-state index in [1.54, 1.807) is 13.0 Å². The fourth-order valence-electron chi connectivity index (χ4n) is 2.75. The van der Waals surface area contributed by atoms with Crippen LogP contribution in [0.2, 0.25) is 10.0 Å². The molecular formula is C21H22Cl2N4OS. The van der Waals surface area contributed by atoms with Gasteiger partial charge < -0.3 is 5.73 Å². The Hall–Kier alpha value is -2.02. The Morgan fingerprint density at radius 3 is 2.34 bits per heavy atom. The van der Waals surface area contributed by atoms with Crippen molar-refractivity contribution in [1.82, 2.24) is 14.8 Å². The van der Waals surface area contributed by atoms with Crippen molar-refractivity contribution in [3.05, 3.63) is 58.1 Å². The molecule has 0 bridgehead atoms. The molecule has 3 aromatic rings. The standard InChI is InChI=1S/C21H22Cl2N4OS/c1-12(18(24)28)29-20-26-25-19(13-8-10-14(11-9-13)21(2,3)4)27(20)16-7-5-6-15(22)17(16)23/h5-12H,1-4H3,(H2,24,28)/t12-/m0/s1. The Bertz CT molecular complexity index is 1040. The van der Waals surface area contributed by atoms with Gasteiger partial charge in [-0.25, -0.2) is 0 Å². The van der Waals surface area contributed by atoms with Crippen molar-refractivity contribution in [1.29, 1.82) is 0 Å². The summed E-state index contributed by atoms with van der Waals surface area (Å²) in [5.74, 6) is 0.173. The maximum absolute atomic E-state index is 11.6. The number of hydrogen-bond acceptors (Lipinski definition) is 4. The minimum absolute atomic E-state index is 0.0421. The number of nitrogens with zero attached hydrogens (tertiary/aromatic N) is 3. The van der Waals surface area contributed by atoms with E-state index < -0.39 is 11.2 Å². The summed E-state index contributed by atoms with van der Waals surface area (Å²) in [6, 6.07) is 13.5. The number of carbonyl (C=O) groups excluding carboxylic acids is 1. The van der Waals surface area contributed by atoms with Crippen LogP contribution < -0.4 is 5.73 Å². The second-order valence-corrected chi connectivity index (χ2v) is 9.80. The number of primary amides is 1. The van der Waals surface area contributed by atoms with E-state index in [0.717, 1.165) is 5.56 Å². The molecule has 0 spiro atoms. The van der Waals surface area contributed by atoms with Gasteiger partial charge in [-0.3, -0.25) is 9.36 Å². The van der Waals surface area contributed by atoms with E-state index >= 15 is 0 Å². The van der Waals surface area contributed by atoms with Crippen LogP contribution in [0, 0.1) is 0 Å². The second kappa shape index (κ2) is 8.38. The first kappa shape index (κ1) is 21.7. The molecular weight excluding hydrogens is 427 g/mol. The molecule has 0 saturated carbocycles. The molecule has 0 saturated heterocycles. The lowest BCUT2D eigenvalue weighted by atomic mass is 9.87. The first-order chi connectivity index (χ1) is 13.6. The van der Waals surface area contributed by atoms with Gasteiger partial charge in [0.15, 0.2) is 11.0 Å². The number of benzene rings is 2. The molecule has 1 aromatic heterocycles. The van der Waals surface area contributed by atoms with Crippen molar-refractivity contribution < 1.29 is 4.79 Å². The van der Waals surface area contributed by atoms with E-state index in [2.05, 4.69) is 43.1 Å². The maximum Gasteiger partial charge on any atom is 0.230 e. The van der Waals surface area contributed by atoms with Crippen LogP contribution in [-0.2, 0) is 10.2 Å². The molecule has 1 atom stereocenters. The van der Waals surface area contributed by atoms with Gasteiger partial charge >= 0.3 is 0 Å². The van der Waals surface area contributed by atoms with Gasteiger partial charge in [0.25, 0.3) is 0 Å². The van der Waals surface area contributed by atoms with E-state index in [4.69, 9.17) is 28.9 Å². The monoisotopic (exact) mass is 448 g/mol. The molecule has 1 amide bonds. The van der Waals surface area contributed by atoms with Crippen LogP contribution in [0.4, 0.5) is 0 Å². The molecule has 0 aliphatic carbocycles. The Balaban J connectivity index is 2.16. The summed E-state index contributed by atoms with van der Waals surface area (Å²) in [7, 11) is 0. The fraction of sp³-hybridized carbons (Fsp3) is 0.286. The van der Waals surface area contributed by atoms with Gasteiger partial charge in [-0.15, -0.1) is 10.2 Å². The number of hydrogen-bond donors (Lipinski definition) is 1. The highest BCUT2D eigenvalue weighted by Gasteiger charge is 2.23. The minimum Gasteiger partial charge on any atom is -0.369 e. The second-order valence-electron chi connectivity index (χ2n) is 7.70. The number of aromatic nitrogens is 3. The molecule has 2 aromatic carbocycles. The molecule has 0 aliphatic rings. The van der Waals surface area contributed by atoms with Gasteiger partial charge in [0.1, 0.15) is 0 Å². The average Bonchev–Trinajstić information content (AvgIpc) is 3.06. The molecule has 0 aliphatic heterocycles. The van der Waals surface area contributed by atoms with E-state index in [-0.39, 0.29) is 5.41 Å². The van der Waals surface area contributed by atoms with Gasteiger partial charge in [0.2, 0.25) is 5.91 Å². The summed E-state index contributed by atoms with van der Waals surface area (Å²) in [6.07, 6.45) is 0. The van der Waals surface area contributed by atoms with Crippen molar-refractivity contribution in [2.75, 3.05) is 0 Å². The lowest BCUT2D eigenvalue weighted by Crippen LogP contribution is -2.23. The summed E-state index contributed by atoms with van der Waals surface area (Å²) in [5.41, 5.74) is 8.20. The summed E-state index contributed by atoms with van der Waals surface area (Å²) in [6.45, 7) is 8.21. The first-order valence-electron chi connectivity index (χ1n) is 9.06. The minimum atomic E-state index is -0.480. The topological polar surface area (TPSA) is 73.8 Å². The highest BCUT2D eigenvalue weighted by atomic mass is 35.5. The molecule has 2 N–H and O–H groups in total. The largest absolute Gasteiger partial charge is 0.369 e. The van der Waals surface area contributed by atoms with E-state index in [9.17, 15) is 4.79 Å². The first-order valence-corrected chi connectivity index (χ1v) is 10.7. The molecule has 5 nitrogen and oxygen atoms in total. The third kappa shape index (κ3) is 4.60. The Morgan fingerprint density at radius 1 is 1.10 bits per heavy atom. The zero-order valence-electron chi connectivity index (χ0n) is 16.6. The van der Waals surface area contributed by atoms with Crippen LogP contribution in [0.15, 0.2) is 47.6 Å². The van der Waals surface area contributed by atoms with Gasteiger partial charge in [-0.1, -0.05) is 86.1 Å². The number of carbonyl (C=O) groups is 1. The lowest BCUT2D eigenvalue weighted by molar-refractivity contribution is -0.117. The van der Waals surface area contributed by atoms with E-state index in [0.29, 0.717) is 26.7 Å². The van der Waals surface area contributed by atoms with Gasteiger partial charge in [0, 0.05) is 5.56 Å². The predicted molar refractivity (Wildman–Crippen MR) is 120 cm³/mol. The fourth-order valence-corrected chi connectivity index (χ4v) is 3.94. The predicted octanol–water partition coefficient (Wildman–Crippen LogP) is 5.50. The van der Waals surface area contributed by atoms with E-state index in [1.807, 2.05) is 28.8 Å². The van der Waals surface area contributed by atoms with Crippen molar-refractivity contribution >= 4 is 40.9 Å². The van der Waals surface area contributed by atoms with Crippen LogP contribution in [0.5, 0.6) is 0 Å². The highest BCUT2D eigenvalue weighted by molar-refractivity contribution is 8.00. The van der Waals surface area contributed by atoms with Crippen molar-refractivity contribution in [2.45, 2.75) is 43.5 Å². The molecule has 1 heterocycles. The Morgan fingerprint density at radius 2 is 1.76 bits per heavy atom. The van der Waals surface area contributed by atoms with Crippen LogP contribution in [0.3, 0.4) is 0 Å². The average molecular weight is 449 g/mol. The van der Waals surface area contributed by atoms with Gasteiger partial charge in [-0.2, -0.15) is 0 Å². The van der Waals surface area contributed by atoms with Crippen LogP contribution >= 0.6 is 35.0 Å². The molecule has 8 heteroatoms. The Labute approximate surface area is 184 Å². The lowest BCUT2D eigenvalue weighted by Gasteiger charge is -2.19. The smallest absolute Gasteiger partial charge is 0.230 e. The molecule has 0 radical (unpaired) electrons. The zero-order valence-corrected chi connectivity index (χ0v) is 18.9. The quantitative estimate of drug-likeness (QED) is 0.522. The van der Waals surface area contributed by atoms with Crippen molar-refractivity contribution in [3.63, 3.8) is 0 Å². The summed E-state index contributed by atoms with van der Waals surface area (Å²) in [5, 5.41) is 9.51. The number of thioether (sulfide) groups is 1. The number of nitrogens with two attached hydrogens (primary N) is 1. The van der Waals surface area contributed by atoms with Crippen molar-refractivity contribution in [3.8, 4) is 17.1 Å². The van der Waals surface area contributed by atoms with Crippen LogP contribution in [0.1, 0.15) is 33.3 Å². The SMILES string of the molecule is C[C@H](Sc1nnc(-c2ccc(C(C)(C)C)cc2)n1-c1cccc(Cl)c1Cl)C(N)=O.